The lowest BCUT2D eigenvalue weighted by Crippen LogP contribution is -2.30. The maximum absolute atomic E-state index is 11.8. The second kappa shape index (κ2) is 6.45. The van der Waals surface area contributed by atoms with Crippen molar-refractivity contribution in [3.05, 3.63) is 34.9 Å². The molecule has 98 valence electrons. The van der Waals surface area contributed by atoms with Crippen LogP contribution in [0.15, 0.2) is 24.3 Å². The molecule has 1 amide bonds. The normalized spacial score (nSPS) is 19.2. The molecule has 1 atom stereocenters. The van der Waals surface area contributed by atoms with Crippen molar-refractivity contribution in [3.63, 3.8) is 0 Å². The monoisotopic (exact) mass is 285 g/mol. The molecule has 2 rings (SSSR count). The Morgan fingerprint density at radius 3 is 2.78 bits per heavy atom. The Bertz CT molecular complexity index is 410. The van der Waals surface area contributed by atoms with Gasteiger partial charge in [-0.15, -0.1) is 11.8 Å². The van der Waals surface area contributed by atoms with Crippen molar-refractivity contribution in [1.82, 2.24) is 4.90 Å². The van der Waals surface area contributed by atoms with Gasteiger partial charge in [0.2, 0.25) is 5.91 Å². The maximum Gasteiger partial charge on any atom is 0.232 e. The highest BCUT2D eigenvalue weighted by molar-refractivity contribution is 7.99. The molecule has 1 N–H and O–H groups in total. The molecule has 3 nitrogen and oxygen atoms in total. The number of hydrogen-bond donors (Lipinski definition) is 1. The first kappa shape index (κ1) is 13.7. The van der Waals surface area contributed by atoms with E-state index in [1.54, 1.807) is 16.7 Å². The lowest BCUT2D eigenvalue weighted by atomic mass is 10.2. The van der Waals surface area contributed by atoms with E-state index in [0.717, 1.165) is 10.8 Å². The summed E-state index contributed by atoms with van der Waals surface area (Å²) in [7, 11) is 0. The predicted molar refractivity (Wildman–Crippen MR) is 74.8 cm³/mol. The molecule has 1 aromatic rings. The van der Waals surface area contributed by atoms with Crippen LogP contribution in [0.3, 0.4) is 0 Å². The van der Waals surface area contributed by atoms with Gasteiger partial charge in [0, 0.05) is 23.9 Å². The Morgan fingerprint density at radius 1 is 1.44 bits per heavy atom. The number of rotatable bonds is 4. The zero-order valence-corrected chi connectivity index (χ0v) is 11.6. The molecule has 1 fully saturated rings. The summed E-state index contributed by atoms with van der Waals surface area (Å²) in [5.41, 5.74) is 1.17. The third-order valence-corrected chi connectivity index (χ3v) is 4.16. The highest BCUT2D eigenvalue weighted by Crippen LogP contribution is 2.17. The number of thioether (sulfide) groups is 1. The molecule has 0 aromatic heterocycles. The Balaban J connectivity index is 1.72. The van der Waals surface area contributed by atoms with Crippen LogP contribution in [0.5, 0.6) is 0 Å². The average Bonchev–Trinajstić information content (AvgIpc) is 2.78. The molecule has 1 saturated heterocycles. The molecule has 1 aliphatic heterocycles. The lowest BCUT2D eigenvalue weighted by Gasteiger charge is -2.14. The fraction of sp³-hybridized carbons (Fsp3) is 0.462. The predicted octanol–water partition coefficient (Wildman–Crippen LogP) is 2.17. The van der Waals surface area contributed by atoms with Crippen molar-refractivity contribution >= 4 is 29.3 Å². The van der Waals surface area contributed by atoms with Crippen molar-refractivity contribution in [2.45, 2.75) is 18.3 Å². The topological polar surface area (TPSA) is 40.5 Å². The van der Waals surface area contributed by atoms with E-state index in [0.29, 0.717) is 25.3 Å². The number of β-amino-alcohol motifs (C(OH)–C–C–N with tert-alkyl or cyclic N) is 1. The minimum atomic E-state index is -0.338. The molecule has 5 heteroatoms. The van der Waals surface area contributed by atoms with Gasteiger partial charge in [0.15, 0.2) is 0 Å². The molecule has 0 aliphatic carbocycles. The van der Waals surface area contributed by atoms with Gasteiger partial charge in [-0.1, -0.05) is 23.7 Å². The summed E-state index contributed by atoms with van der Waals surface area (Å²) in [6.45, 7) is 1.17. The van der Waals surface area contributed by atoms with Crippen molar-refractivity contribution in [2.24, 2.45) is 0 Å². The fourth-order valence-electron chi connectivity index (χ4n) is 1.90. The van der Waals surface area contributed by atoms with E-state index in [1.165, 1.54) is 5.56 Å². The SMILES string of the molecule is O=C(CSCc1ccc(Cl)cc1)N1CCC(O)C1. The first-order valence-electron chi connectivity index (χ1n) is 5.93. The molecular weight excluding hydrogens is 270 g/mol. The Morgan fingerprint density at radius 2 is 2.17 bits per heavy atom. The minimum Gasteiger partial charge on any atom is -0.391 e. The summed E-state index contributed by atoms with van der Waals surface area (Å²) in [4.78, 5) is 13.5. The molecule has 18 heavy (non-hydrogen) atoms. The largest absolute Gasteiger partial charge is 0.391 e. The fourth-order valence-corrected chi connectivity index (χ4v) is 2.91. The third-order valence-electron chi connectivity index (χ3n) is 2.92. The molecule has 0 saturated carbocycles. The van der Waals surface area contributed by atoms with E-state index < -0.39 is 0 Å². The van der Waals surface area contributed by atoms with E-state index in [1.807, 2.05) is 24.3 Å². The molecule has 0 bridgehead atoms. The first-order valence-corrected chi connectivity index (χ1v) is 7.46. The highest BCUT2D eigenvalue weighted by Gasteiger charge is 2.23. The first-order chi connectivity index (χ1) is 8.65. The molecular formula is C13H16ClNO2S. The van der Waals surface area contributed by atoms with Gasteiger partial charge in [-0.25, -0.2) is 0 Å². The Hall–Kier alpha value is -0.710. The lowest BCUT2D eigenvalue weighted by molar-refractivity contribution is -0.127. The number of aliphatic hydroxyl groups excluding tert-OH is 1. The number of carbonyl (C=O) groups is 1. The zero-order chi connectivity index (χ0) is 13.0. The number of amides is 1. The van der Waals surface area contributed by atoms with Gasteiger partial charge >= 0.3 is 0 Å². The summed E-state index contributed by atoms with van der Waals surface area (Å²) in [5, 5.41) is 10.1. The van der Waals surface area contributed by atoms with Crippen LogP contribution >= 0.6 is 23.4 Å². The Kier molecular flexibility index (Phi) is 4.92. The van der Waals surface area contributed by atoms with Gasteiger partial charge in [0.05, 0.1) is 11.9 Å². The number of halogens is 1. The second-order valence-corrected chi connectivity index (χ2v) is 5.82. The van der Waals surface area contributed by atoms with Crippen LogP contribution in [0.25, 0.3) is 0 Å². The standard InChI is InChI=1S/C13H16ClNO2S/c14-11-3-1-10(2-4-11)8-18-9-13(17)15-6-5-12(16)7-15/h1-4,12,16H,5-9H2. The van der Waals surface area contributed by atoms with Crippen molar-refractivity contribution in [3.8, 4) is 0 Å². The minimum absolute atomic E-state index is 0.116. The van der Waals surface area contributed by atoms with Crippen molar-refractivity contribution < 1.29 is 9.90 Å². The van der Waals surface area contributed by atoms with E-state index in [2.05, 4.69) is 0 Å². The Labute approximate surface area is 116 Å². The van der Waals surface area contributed by atoms with E-state index in [-0.39, 0.29) is 12.0 Å². The van der Waals surface area contributed by atoms with Crippen LogP contribution in [0.4, 0.5) is 0 Å². The summed E-state index contributed by atoms with van der Waals surface area (Å²) < 4.78 is 0. The molecule has 0 radical (unpaired) electrons. The zero-order valence-electron chi connectivity index (χ0n) is 10.0. The van der Waals surface area contributed by atoms with Crippen LogP contribution < -0.4 is 0 Å². The third kappa shape index (κ3) is 3.90. The van der Waals surface area contributed by atoms with Crippen molar-refractivity contribution in [1.29, 1.82) is 0 Å². The number of carbonyl (C=O) groups excluding carboxylic acids is 1. The quantitative estimate of drug-likeness (QED) is 0.922. The van der Waals surface area contributed by atoms with Crippen LogP contribution in [-0.2, 0) is 10.5 Å². The number of benzene rings is 1. The average molecular weight is 286 g/mol. The van der Waals surface area contributed by atoms with E-state index in [9.17, 15) is 9.90 Å². The number of aliphatic hydroxyl groups is 1. The van der Waals surface area contributed by atoms with Crippen LogP contribution in [-0.4, -0.2) is 40.9 Å². The summed E-state index contributed by atoms with van der Waals surface area (Å²) in [6.07, 6.45) is 0.364. The van der Waals surface area contributed by atoms with Crippen molar-refractivity contribution in [2.75, 3.05) is 18.8 Å². The van der Waals surface area contributed by atoms with E-state index in [4.69, 9.17) is 11.6 Å². The number of likely N-dealkylation sites (tertiary alicyclic amines) is 1. The highest BCUT2D eigenvalue weighted by atomic mass is 35.5. The summed E-state index contributed by atoms with van der Waals surface area (Å²) in [5.74, 6) is 1.39. The van der Waals surface area contributed by atoms with Gasteiger partial charge in [0.25, 0.3) is 0 Å². The maximum atomic E-state index is 11.8. The van der Waals surface area contributed by atoms with Crippen LogP contribution in [0.2, 0.25) is 5.02 Å². The number of hydrogen-bond acceptors (Lipinski definition) is 3. The molecule has 1 heterocycles. The van der Waals surface area contributed by atoms with Gasteiger partial charge in [-0.2, -0.15) is 0 Å². The molecule has 1 aliphatic rings. The summed E-state index contributed by atoms with van der Waals surface area (Å²) in [6, 6.07) is 7.66. The van der Waals surface area contributed by atoms with Crippen LogP contribution in [0, 0.1) is 0 Å². The molecule has 1 aromatic carbocycles. The molecule has 0 spiro atoms. The smallest absolute Gasteiger partial charge is 0.232 e. The second-order valence-electron chi connectivity index (χ2n) is 4.40. The van der Waals surface area contributed by atoms with Gasteiger partial charge in [-0.3, -0.25) is 4.79 Å². The van der Waals surface area contributed by atoms with E-state index >= 15 is 0 Å². The van der Waals surface area contributed by atoms with Gasteiger partial charge in [-0.05, 0) is 24.1 Å². The molecule has 1 unspecified atom stereocenters. The van der Waals surface area contributed by atoms with Gasteiger partial charge < -0.3 is 10.0 Å². The number of nitrogens with zero attached hydrogens (tertiary/aromatic N) is 1. The van der Waals surface area contributed by atoms with Crippen LogP contribution in [0.1, 0.15) is 12.0 Å². The van der Waals surface area contributed by atoms with Gasteiger partial charge in [0.1, 0.15) is 0 Å². The summed E-state index contributed by atoms with van der Waals surface area (Å²) >= 11 is 7.40.